The number of carbonyl (C=O) groups excluding carboxylic acids is 1. The third kappa shape index (κ3) is 2.02. The summed E-state index contributed by atoms with van der Waals surface area (Å²) in [5.74, 6) is -0.879. The van der Waals surface area contributed by atoms with Crippen molar-refractivity contribution in [1.29, 1.82) is 0 Å². The summed E-state index contributed by atoms with van der Waals surface area (Å²) in [6, 6.07) is 7.74. The molecule has 0 saturated heterocycles. The normalized spacial score (nSPS) is 14.3. The first kappa shape index (κ1) is 11.3. The fourth-order valence-electron chi connectivity index (χ4n) is 1.19. The van der Waals surface area contributed by atoms with E-state index >= 15 is 0 Å². The minimum atomic E-state index is -2.51. The Kier molecular flexibility index (Phi) is 3.16. The smallest absolute Gasteiger partial charge is 0.324 e. The number of aliphatic hydroxyl groups is 1. The molecule has 0 aromatic heterocycles. The number of carbonyl (C=O) groups is 1. The molecule has 0 aliphatic rings. The van der Waals surface area contributed by atoms with E-state index in [1.54, 1.807) is 18.2 Å². The van der Waals surface area contributed by atoms with Gasteiger partial charge in [0.05, 0.1) is 11.3 Å². The summed E-state index contributed by atoms with van der Waals surface area (Å²) in [6.45, 7) is 1.39. The van der Waals surface area contributed by atoms with Crippen LogP contribution in [0.4, 0.5) is 0 Å². The molecule has 0 bridgehead atoms. The molecular weight excluding hydrogens is 198 g/mol. The fourth-order valence-corrected chi connectivity index (χ4v) is 1.19. The number of Topliss-reactive ketones (excluding diaryl/α,β-unsaturated/α-hetero) is 1. The minimum absolute atomic E-state index is 0.138. The molecule has 0 heterocycles. The van der Waals surface area contributed by atoms with Crippen molar-refractivity contribution >= 4 is 5.78 Å². The lowest BCUT2D eigenvalue weighted by molar-refractivity contribution is -0.602. The standard InChI is InChI=1S/C10H11NO4/c1-2-10(13,11(14)15)9(12)8-6-4-3-5-7-8/h3-7,13H,2H2,1H3. The highest BCUT2D eigenvalue weighted by Gasteiger charge is 2.47. The lowest BCUT2D eigenvalue weighted by Gasteiger charge is -2.15. The molecule has 1 rings (SSSR count). The van der Waals surface area contributed by atoms with Gasteiger partial charge in [-0.2, -0.15) is 0 Å². The van der Waals surface area contributed by atoms with Gasteiger partial charge in [0.1, 0.15) is 0 Å². The summed E-state index contributed by atoms with van der Waals surface area (Å²) >= 11 is 0. The van der Waals surface area contributed by atoms with Gasteiger partial charge in [0.2, 0.25) is 0 Å². The highest BCUT2D eigenvalue weighted by atomic mass is 16.7. The van der Waals surface area contributed by atoms with Crippen molar-refractivity contribution in [3.8, 4) is 0 Å². The van der Waals surface area contributed by atoms with Gasteiger partial charge in [-0.15, -0.1) is 0 Å². The molecule has 80 valence electrons. The average Bonchev–Trinajstić information content (AvgIpc) is 2.28. The van der Waals surface area contributed by atoms with E-state index in [2.05, 4.69) is 0 Å². The SMILES string of the molecule is CCC(O)(C(=O)c1ccccc1)[N+](=O)[O-]. The van der Waals surface area contributed by atoms with E-state index in [9.17, 15) is 20.0 Å². The van der Waals surface area contributed by atoms with Crippen LogP contribution in [0.3, 0.4) is 0 Å². The van der Waals surface area contributed by atoms with Crippen LogP contribution in [0.5, 0.6) is 0 Å². The number of ketones is 1. The lowest BCUT2D eigenvalue weighted by Crippen LogP contribution is -2.45. The summed E-state index contributed by atoms with van der Waals surface area (Å²) in [7, 11) is 0. The molecule has 0 radical (unpaired) electrons. The van der Waals surface area contributed by atoms with Crippen LogP contribution in [-0.4, -0.2) is 21.5 Å². The van der Waals surface area contributed by atoms with Gasteiger partial charge in [0.25, 0.3) is 5.78 Å². The van der Waals surface area contributed by atoms with Gasteiger partial charge in [-0.3, -0.25) is 14.9 Å². The maximum Gasteiger partial charge on any atom is 0.386 e. The van der Waals surface area contributed by atoms with Crippen LogP contribution in [0.2, 0.25) is 0 Å². The molecule has 5 heteroatoms. The highest BCUT2D eigenvalue weighted by Crippen LogP contribution is 2.17. The van der Waals surface area contributed by atoms with Crippen molar-refractivity contribution in [2.24, 2.45) is 0 Å². The molecule has 5 nitrogen and oxygen atoms in total. The Morgan fingerprint density at radius 1 is 1.47 bits per heavy atom. The van der Waals surface area contributed by atoms with Crippen LogP contribution < -0.4 is 0 Å². The van der Waals surface area contributed by atoms with Gasteiger partial charge in [-0.05, 0) is 0 Å². The summed E-state index contributed by atoms with van der Waals surface area (Å²) in [5, 5.41) is 20.2. The summed E-state index contributed by atoms with van der Waals surface area (Å²) in [6.07, 6.45) is -0.256. The van der Waals surface area contributed by atoms with E-state index in [-0.39, 0.29) is 12.0 Å². The van der Waals surface area contributed by atoms with Gasteiger partial charge >= 0.3 is 5.72 Å². The Morgan fingerprint density at radius 2 is 2.00 bits per heavy atom. The Labute approximate surface area is 86.5 Å². The van der Waals surface area contributed by atoms with E-state index in [1.807, 2.05) is 0 Å². The zero-order valence-electron chi connectivity index (χ0n) is 8.21. The Hall–Kier alpha value is -1.75. The van der Waals surface area contributed by atoms with Crippen LogP contribution in [0.25, 0.3) is 0 Å². The van der Waals surface area contributed by atoms with Crippen LogP contribution in [-0.2, 0) is 0 Å². The molecule has 0 amide bonds. The largest absolute Gasteiger partial charge is 0.386 e. The third-order valence-electron chi connectivity index (χ3n) is 2.19. The van der Waals surface area contributed by atoms with Crippen LogP contribution >= 0.6 is 0 Å². The predicted molar refractivity (Wildman–Crippen MR) is 53.0 cm³/mol. The molecule has 0 aliphatic heterocycles. The Morgan fingerprint density at radius 3 is 2.40 bits per heavy atom. The van der Waals surface area contributed by atoms with Gasteiger partial charge in [0.15, 0.2) is 0 Å². The highest BCUT2D eigenvalue weighted by molar-refractivity contribution is 6.00. The molecule has 0 spiro atoms. The topological polar surface area (TPSA) is 80.4 Å². The third-order valence-corrected chi connectivity index (χ3v) is 2.19. The predicted octanol–water partition coefficient (Wildman–Crippen LogP) is 1.24. The zero-order valence-corrected chi connectivity index (χ0v) is 8.21. The minimum Gasteiger partial charge on any atom is -0.324 e. The average molecular weight is 209 g/mol. The fraction of sp³-hybridized carbons (Fsp3) is 0.300. The molecule has 0 saturated carbocycles. The lowest BCUT2D eigenvalue weighted by atomic mass is 9.99. The molecule has 1 aromatic carbocycles. The number of benzene rings is 1. The van der Waals surface area contributed by atoms with Crippen molar-refractivity contribution in [3.63, 3.8) is 0 Å². The van der Waals surface area contributed by atoms with Crippen LogP contribution in [0.1, 0.15) is 23.7 Å². The van der Waals surface area contributed by atoms with E-state index in [4.69, 9.17) is 0 Å². The molecule has 0 fully saturated rings. The molecule has 0 aliphatic carbocycles. The van der Waals surface area contributed by atoms with Gasteiger partial charge < -0.3 is 5.11 Å². The number of nitro groups is 1. The second-order valence-corrected chi connectivity index (χ2v) is 3.12. The number of hydrogen-bond acceptors (Lipinski definition) is 4. The first-order valence-corrected chi connectivity index (χ1v) is 4.49. The van der Waals surface area contributed by atoms with Crippen molar-refractivity contribution in [3.05, 3.63) is 46.0 Å². The molecular formula is C10H11NO4. The van der Waals surface area contributed by atoms with E-state index in [0.717, 1.165) is 0 Å². The van der Waals surface area contributed by atoms with Crippen molar-refractivity contribution in [2.45, 2.75) is 19.1 Å². The van der Waals surface area contributed by atoms with Crippen molar-refractivity contribution in [2.75, 3.05) is 0 Å². The van der Waals surface area contributed by atoms with Crippen molar-refractivity contribution < 1.29 is 14.8 Å². The Bertz CT molecular complexity index is 376. The number of hydrogen-bond donors (Lipinski definition) is 1. The molecule has 1 unspecified atom stereocenters. The summed E-state index contributed by atoms with van der Waals surface area (Å²) < 4.78 is 0. The second-order valence-electron chi connectivity index (χ2n) is 3.12. The molecule has 1 aromatic rings. The zero-order chi connectivity index (χ0) is 11.5. The maximum atomic E-state index is 11.6. The van der Waals surface area contributed by atoms with E-state index < -0.39 is 16.4 Å². The van der Waals surface area contributed by atoms with Gasteiger partial charge in [0, 0.05) is 5.56 Å². The van der Waals surface area contributed by atoms with E-state index in [0.29, 0.717) is 0 Å². The first-order valence-electron chi connectivity index (χ1n) is 4.49. The summed E-state index contributed by atoms with van der Waals surface area (Å²) in [5.41, 5.74) is -2.37. The number of nitrogens with zero attached hydrogens (tertiary/aromatic N) is 1. The van der Waals surface area contributed by atoms with Crippen molar-refractivity contribution in [1.82, 2.24) is 0 Å². The molecule has 15 heavy (non-hydrogen) atoms. The van der Waals surface area contributed by atoms with Gasteiger partial charge in [-0.1, -0.05) is 37.3 Å². The molecule has 1 atom stereocenters. The quantitative estimate of drug-likeness (QED) is 0.350. The molecule has 1 N–H and O–H groups in total. The van der Waals surface area contributed by atoms with Crippen LogP contribution in [0, 0.1) is 10.1 Å². The second kappa shape index (κ2) is 4.18. The monoisotopic (exact) mass is 209 g/mol. The maximum absolute atomic E-state index is 11.6. The van der Waals surface area contributed by atoms with Crippen LogP contribution in [0.15, 0.2) is 30.3 Å². The number of rotatable bonds is 4. The van der Waals surface area contributed by atoms with Gasteiger partial charge in [-0.25, -0.2) is 0 Å². The first-order chi connectivity index (χ1) is 7.02. The Balaban J connectivity index is 3.08. The van der Waals surface area contributed by atoms with E-state index in [1.165, 1.54) is 19.1 Å². The summed E-state index contributed by atoms with van der Waals surface area (Å²) in [4.78, 5) is 21.3.